The van der Waals surface area contributed by atoms with Crippen molar-refractivity contribution in [3.63, 3.8) is 0 Å². The van der Waals surface area contributed by atoms with Gasteiger partial charge in [0.05, 0.1) is 17.6 Å². The fourth-order valence-electron chi connectivity index (χ4n) is 1.56. The van der Waals surface area contributed by atoms with E-state index in [0.717, 1.165) is 6.07 Å². The number of nitrogens with one attached hydrogen (secondary N) is 1. The Morgan fingerprint density at radius 1 is 1.43 bits per heavy atom. The largest absolute Gasteiger partial charge is 0.490 e. The van der Waals surface area contributed by atoms with E-state index in [4.69, 9.17) is 9.47 Å². The molecular weight excluding hydrogens is 280 g/mol. The molecular formula is C13H16N2O6. The zero-order valence-electron chi connectivity index (χ0n) is 11.9. The fourth-order valence-corrected chi connectivity index (χ4v) is 1.56. The van der Waals surface area contributed by atoms with E-state index < -0.39 is 22.9 Å². The van der Waals surface area contributed by atoms with Gasteiger partial charge in [-0.05, 0) is 26.0 Å². The summed E-state index contributed by atoms with van der Waals surface area (Å²) in [5.41, 5.74) is -0.378. The summed E-state index contributed by atoms with van der Waals surface area (Å²) in [6.45, 7) is 3.56. The number of ether oxygens (including phenoxy) is 2. The molecule has 0 saturated carbocycles. The molecule has 1 rings (SSSR count). The minimum absolute atomic E-state index is 0.0290. The minimum Gasteiger partial charge on any atom is -0.490 e. The van der Waals surface area contributed by atoms with Crippen LogP contribution in [-0.2, 0) is 9.53 Å². The zero-order chi connectivity index (χ0) is 16.0. The molecule has 1 aromatic carbocycles. The molecule has 114 valence electrons. The van der Waals surface area contributed by atoms with Crippen molar-refractivity contribution in [2.45, 2.75) is 20.0 Å². The van der Waals surface area contributed by atoms with Crippen LogP contribution in [-0.4, -0.2) is 36.6 Å². The molecule has 1 amide bonds. The van der Waals surface area contributed by atoms with Crippen LogP contribution in [0.3, 0.4) is 0 Å². The van der Waals surface area contributed by atoms with Crippen molar-refractivity contribution in [1.29, 1.82) is 0 Å². The number of nitro groups is 1. The molecule has 0 aromatic heterocycles. The van der Waals surface area contributed by atoms with Crippen molar-refractivity contribution < 1.29 is 24.0 Å². The predicted octanol–water partition coefficient (Wildman–Crippen LogP) is 1.28. The smallest absolute Gasteiger partial charge is 0.339 e. The third-order valence-corrected chi connectivity index (χ3v) is 2.62. The minimum atomic E-state index is -0.987. The van der Waals surface area contributed by atoms with Crippen molar-refractivity contribution in [2.75, 3.05) is 13.7 Å². The number of esters is 1. The molecule has 8 nitrogen and oxygen atoms in total. The van der Waals surface area contributed by atoms with Gasteiger partial charge in [-0.2, -0.15) is 0 Å². The van der Waals surface area contributed by atoms with Gasteiger partial charge in [-0.25, -0.2) is 4.79 Å². The van der Waals surface area contributed by atoms with Crippen molar-refractivity contribution in [2.24, 2.45) is 0 Å². The average Bonchev–Trinajstić information content (AvgIpc) is 2.46. The number of benzene rings is 1. The number of hydrogen-bond donors (Lipinski definition) is 1. The summed E-state index contributed by atoms with van der Waals surface area (Å²) in [6.07, 6.45) is -0.987. The summed E-state index contributed by atoms with van der Waals surface area (Å²) in [4.78, 5) is 33.6. The summed E-state index contributed by atoms with van der Waals surface area (Å²) in [6, 6.07) is 3.68. The summed E-state index contributed by atoms with van der Waals surface area (Å²) in [7, 11) is 1.29. The highest BCUT2D eigenvalue weighted by Crippen LogP contribution is 2.27. The van der Waals surface area contributed by atoms with Crippen LogP contribution in [0.15, 0.2) is 18.2 Å². The van der Waals surface area contributed by atoms with Gasteiger partial charge in [0, 0.05) is 12.6 Å². The molecule has 0 aliphatic heterocycles. The van der Waals surface area contributed by atoms with E-state index in [1.54, 1.807) is 6.92 Å². The van der Waals surface area contributed by atoms with Gasteiger partial charge in [0.2, 0.25) is 0 Å². The standard InChI is InChI=1S/C13H16N2O6/c1-4-14-12(16)8(2)21-13(17)9-5-6-11(20-3)10(7-9)15(18)19/h5-8H,4H2,1-3H3,(H,14,16)/t8-/m1/s1. The molecule has 0 aliphatic carbocycles. The van der Waals surface area contributed by atoms with Crippen LogP contribution in [0.5, 0.6) is 5.75 Å². The van der Waals surface area contributed by atoms with E-state index in [9.17, 15) is 19.7 Å². The van der Waals surface area contributed by atoms with Crippen LogP contribution in [0.25, 0.3) is 0 Å². The molecule has 0 saturated heterocycles. The van der Waals surface area contributed by atoms with Crippen LogP contribution in [0, 0.1) is 10.1 Å². The van der Waals surface area contributed by atoms with E-state index in [-0.39, 0.29) is 17.0 Å². The lowest BCUT2D eigenvalue weighted by molar-refractivity contribution is -0.385. The number of amides is 1. The van der Waals surface area contributed by atoms with Crippen LogP contribution in [0.4, 0.5) is 5.69 Å². The second kappa shape index (κ2) is 7.22. The van der Waals surface area contributed by atoms with Gasteiger partial charge in [-0.3, -0.25) is 14.9 Å². The van der Waals surface area contributed by atoms with Crippen LogP contribution >= 0.6 is 0 Å². The van der Waals surface area contributed by atoms with Gasteiger partial charge < -0.3 is 14.8 Å². The Balaban J connectivity index is 2.90. The lowest BCUT2D eigenvalue weighted by Gasteiger charge is -2.12. The van der Waals surface area contributed by atoms with Crippen LogP contribution in [0.2, 0.25) is 0 Å². The van der Waals surface area contributed by atoms with E-state index in [1.807, 2.05) is 0 Å². The van der Waals surface area contributed by atoms with Gasteiger partial charge in [-0.15, -0.1) is 0 Å². The van der Waals surface area contributed by atoms with Gasteiger partial charge in [-0.1, -0.05) is 0 Å². The van der Waals surface area contributed by atoms with Crippen molar-refractivity contribution in [3.05, 3.63) is 33.9 Å². The quantitative estimate of drug-likeness (QED) is 0.481. The molecule has 8 heteroatoms. The first kappa shape index (κ1) is 16.4. The lowest BCUT2D eigenvalue weighted by atomic mass is 10.2. The number of nitro benzene ring substituents is 1. The SMILES string of the molecule is CCNC(=O)[C@@H](C)OC(=O)c1ccc(OC)c([N+](=O)[O-])c1. The second-order valence-corrected chi connectivity index (χ2v) is 4.09. The number of carbonyl (C=O) groups is 2. The number of likely N-dealkylation sites (N-methyl/N-ethyl adjacent to an activating group) is 1. The zero-order valence-corrected chi connectivity index (χ0v) is 11.9. The third kappa shape index (κ3) is 4.16. The second-order valence-electron chi connectivity index (χ2n) is 4.09. The maximum atomic E-state index is 11.9. The van der Waals surface area contributed by atoms with E-state index in [1.165, 1.54) is 26.2 Å². The number of rotatable bonds is 6. The Labute approximate surface area is 121 Å². The molecule has 0 spiro atoms. The number of methoxy groups -OCH3 is 1. The van der Waals surface area contributed by atoms with Crippen molar-refractivity contribution >= 4 is 17.6 Å². The molecule has 0 unspecified atom stereocenters. The first-order chi connectivity index (χ1) is 9.90. The van der Waals surface area contributed by atoms with Crippen LogP contribution in [0.1, 0.15) is 24.2 Å². The highest BCUT2D eigenvalue weighted by molar-refractivity contribution is 5.93. The number of nitrogens with zero attached hydrogens (tertiary/aromatic N) is 1. The third-order valence-electron chi connectivity index (χ3n) is 2.62. The summed E-state index contributed by atoms with van der Waals surface area (Å²) in [5.74, 6) is -1.22. The first-order valence-electron chi connectivity index (χ1n) is 6.21. The molecule has 1 N–H and O–H groups in total. The van der Waals surface area contributed by atoms with E-state index in [0.29, 0.717) is 6.54 Å². The number of carbonyl (C=O) groups excluding carboxylic acids is 2. The molecule has 1 atom stereocenters. The Hall–Kier alpha value is -2.64. The van der Waals surface area contributed by atoms with Gasteiger partial charge in [0.25, 0.3) is 5.91 Å². The van der Waals surface area contributed by atoms with Crippen molar-refractivity contribution in [1.82, 2.24) is 5.32 Å². The highest BCUT2D eigenvalue weighted by atomic mass is 16.6. The molecule has 0 bridgehead atoms. The fraction of sp³-hybridized carbons (Fsp3) is 0.385. The maximum Gasteiger partial charge on any atom is 0.339 e. The predicted molar refractivity (Wildman–Crippen MR) is 73.2 cm³/mol. The first-order valence-corrected chi connectivity index (χ1v) is 6.21. The summed E-state index contributed by atoms with van der Waals surface area (Å²) >= 11 is 0. The van der Waals surface area contributed by atoms with Gasteiger partial charge in [0.1, 0.15) is 0 Å². The molecule has 0 radical (unpaired) electrons. The summed E-state index contributed by atoms with van der Waals surface area (Å²) < 4.78 is 9.78. The molecule has 1 aromatic rings. The molecule has 0 aliphatic rings. The Kier molecular flexibility index (Phi) is 5.65. The van der Waals surface area contributed by atoms with E-state index in [2.05, 4.69) is 5.32 Å². The molecule has 0 heterocycles. The Morgan fingerprint density at radius 3 is 2.62 bits per heavy atom. The normalized spacial score (nSPS) is 11.4. The highest BCUT2D eigenvalue weighted by Gasteiger charge is 2.22. The Morgan fingerprint density at radius 2 is 2.10 bits per heavy atom. The molecule has 0 fully saturated rings. The van der Waals surface area contributed by atoms with Gasteiger partial charge in [0.15, 0.2) is 11.9 Å². The molecule has 21 heavy (non-hydrogen) atoms. The average molecular weight is 296 g/mol. The topological polar surface area (TPSA) is 108 Å². The Bertz CT molecular complexity index is 558. The van der Waals surface area contributed by atoms with Crippen LogP contribution < -0.4 is 10.1 Å². The lowest BCUT2D eigenvalue weighted by Crippen LogP contribution is -2.35. The monoisotopic (exact) mass is 296 g/mol. The number of hydrogen-bond acceptors (Lipinski definition) is 6. The van der Waals surface area contributed by atoms with Crippen molar-refractivity contribution in [3.8, 4) is 5.75 Å². The maximum absolute atomic E-state index is 11.9. The summed E-state index contributed by atoms with van der Waals surface area (Å²) in [5, 5.41) is 13.4. The van der Waals surface area contributed by atoms with E-state index >= 15 is 0 Å². The van der Waals surface area contributed by atoms with Gasteiger partial charge >= 0.3 is 11.7 Å².